The zero-order valence-corrected chi connectivity index (χ0v) is 12.0. The Kier molecular flexibility index (Phi) is 1.99. The number of rotatable bonds is 0. The lowest BCUT2D eigenvalue weighted by atomic mass is 9.48. The van der Waals surface area contributed by atoms with Crippen LogP contribution in [-0.4, -0.2) is 40.4 Å². The number of aliphatic hydroxyl groups excluding tert-OH is 1. The molecule has 0 amide bonds. The van der Waals surface area contributed by atoms with E-state index < -0.39 is 17.8 Å². The van der Waals surface area contributed by atoms with Crippen LogP contribution in [0.5, 0.6) is 0 Å². The smallest absolute Gasteiger partial charge is 0.199 e. The Morgan fingerprint density at radius 3 is 2.58 bits per heavy atom. The van der Waals surface area contributed by atoms with Gasteiger partial charge in [-0.3, -0.25) is 4.79 Å². The maximum absolute atomic E-state index is 12.8. The van der Waals surface area contributed by atoms with Gasteiger partial charge in [0.05, 0.1) is 17.8 Å². The second-order valence-electron chi connectivity index (χ2n) is 7.58. The molecule has 0 aromatic carbocycles. The van der Waals surface area contributed by atoms with Gasteiger partial charge in [-0.2, -0.15) is 0 Å². The average molecular weight is 266 g/mol. The monoisotopic (exact) mass is 266 g/mol. The predicted molar refractivity (Wildman–Crippen MR) is 67.6 cm³/mol. The minimum absolute atomic E-state index is 0.0131. The number of Topliss-reactive ketones (excluding diaryl/α,β-unsaturated/α-hetero) is 1. The zero-order chi connectivity index (χ0) is 13.8. The van der Waals surface area contributed by atoms with Gasteiger partial charge >= 0.3 is 0 Å². The second kappa shape index (κ2) is 3.07. The first-order chi connectivity index (χ1) is 8.77. The standard InChI is InChI=1S/C15H22O4/c1-7-5-6-8(16)15-12(17)10-9(19-15)11(14(7,15)4)13(2,3)18-10/h7-11,16H,5-6H2,1-4H3/t7-,8+,9+,10+,11-,14+,15-/m1/s1. The Hall–Kier alpha value is -0.450. The summed E-state index contributed by atoms with van der Waals surface area (Å²) in [7, 11) is 0. The molecule has 0 radical (unpaired) electrons. The number of carbonyl (C=O) groups excluding carboxylic acids is 1. The van der Waals surface area contributed by atoms with Gasteiger partial charge in [-0.1, -0.05) is 13.8 Å². The summed E-state index contributed by atoms with van der Waals surface area (Å²) in [5.41, 5.74) is -1.69. The third-order valence-corrected chi connectivity index (χ3v) is 6.57. The summed E-state index contributed by atoms with van der Waals surface area (Å²) in [6.07, 6.45) is 0.279. The van der Waals surface area contributed by atoms with E-state index in [1.54, 1.807) is 0 Å². The number of ketones is 1. The summed E-state index contributed by atoms with van der Waals surface area (Å²) in [4.78, 5) is 12.8. The molecule has 4 nitrogen and oxygen atoms in total. The fourth-order valence-corrected chi connectivity index (χ4v) is 5.73. The minimum Gasteiger partial charge on any atom is -0.390 e. The van der Waals surface area contributed by atoms with Crippen LogP contribution in [0.4, 0.5) is 0 Å². The highest BCUT2D eigenvalue weighted by Gasteiger charge is 2.84. The van der Waals surface area contributed by atoms with E-state index in [-0.39, 0.29) is 28.8 Å². The van der Waals surface area contributed by atoms with E-state index in [2.05, 4.69) is 27.7 Å². The van der Waals surface area contributed by atoms with Gasteiger partial charge in [0, 0.05) is 11.3 Å². The fraction of sp³-hybridized carbons (Fsp3) is 0.933. The van der Waals surface area contributed by atoms with Gasteiger partial charge in [-0.25, -0.2) is 0 Å². The van der Waals surface area contributed by atoms with Crippen molar-refractivity contribution in [3.8, 4) is 0 Å². The molecule has 3 heterocycles. The molecule has 4 heteroatoms. The number of aliphatic hydroxyl groups is 1. The summed E-state index contributed by atoms with van der Waals surface area (Å²) >= 11 is 0. The van der Waals surface area contributed by atoms with Gasteiger partial charge in [-0.05, 0) is 32.6 Å². The number of hydrogen-bond acceptors (Lipinski definition) is 4. The topological polar surface area (TPSA) is 55.8 Å². The molecular formula is C15H22O4. The highest BCUT2D eigenvalue weighted by atomic mass is 16.6. The van der Waals surface area contributed by atoms with E-state index in [0.29, 0.717) is 12.3 Å². The lowest BCUT2D eigenvalue weighted by molar-refractivity contribution is -0.182. The van der Waals surface area contributed by atoms with E-state index in [1.807, 2.05) is 0 Å². The van der Waals surface area contributed by atoms with Crippen molar-refractivity contribution in [1.29, 1.82) is 0 Å². The Balaban J connectivity index is 1.97. The predicted octanol–water partition coefficient (Wildman–Crippen LogP) is 1.30. The third kappa shape index (κ3) is 0.988. The van der Waals surface area contributed by atoms with Gasteiger partial charge in [-0.15, -0.1) is 0 Å². The van der Waals surface area contributed by atoms with Crippen LogP contribution in [0.2, 0.25) is 0 Å². The van der Waals surface area contributed by atoms with E-state index in [1.165, 1.54) is 0 Å². The molecule has 19 heavy (non-hydrogen) atoms. The zero-order valence-electron chi connectivity index (χ0n) is 12.0. The molecule has 1 saturated carbocycles. The molecular weight excluding hydrogens is 244 g/mol. The highest BCUT2D eigenvalue weighted by Crippen LogP contribution is 2.71. The van der Waals surface area contributed by atoms with E-state index in [9.17, 15) is 9.90 Å². The van der Waals surface area contributed by atoms with Crippen LogP contribution < -0.4 is 0 Å². The molecule has 1 N–H and O–H groups in total. The number of carbonyl (C=O) groups is 1. The summed E-state index contributed by atoms with van der Waals surface area (Å²) in [5.74, 6) is 0.533. The van der Waals surface area contributed by atoms with Gasteiger partial charge in [0.1, 0.15) is 6.10 Å². The quantitative estimate of drug-likeness (QED) is 0.718. The lowest BCUT2D eigenvalue weighted by Gasteiger charge is -2.54. The van der Waals surface area contributed by atoms with Crippen molar-refractivity contribution in [2.24, 2.45) is 17.3 Å². The highest BCUT2D eigenvalue weighted by molar-refractivity contribution is 5.97. The summed E-state index contributed by atoms with van der Waals surface area (Å²) in [6, 6.07) is 0. The molecule has 3 saturated heterocycles. The molecule has 0 aromatic heterocycles. The Bertz CT molecular complexity index is 473. The average Bonchev–Trinajstić information content (AvgIpc) is 2.84. The third-order valence-electron chi connectivity index (χ3n) is 6.57. The fourth-order valence-electron chi connectivity index (χ4n) is 5.73. The maximum Gasteiger partial charge on any atom is 0.199 e. The van der Waals surface area contributed by atoms with E-state index in [0.717, 1.165) is 6.42 Å². The van der Waals surface area contributed by atoms with Crippen molar-refractivity contribution in [2.45, 2.75) is 70.1 Å². The van der Waals surface area contributed by atoms with Crippen LogP contribution in [0.1, 0.15) is 40.5 Å². The normalized spacial score (nSPS) is 61.5. The van der Waals surface area contributed by atoms with Crippen LogP contribution in [0.3, 0.4) is 0 Å². The van der Waals surface area contributed by atoms with E-state index >= 15 is 0 Å². The van der Waals surface area contributed by atoms with Crippen LogP contribution in [0.15, 0.2) is 0 Å². The van der Waals surface area contributed by atoms with Gasteiger partial charge < -0.3 is 14.6 Å². The lowest BCUT2D eigenvalue weighted by Crippen LogP contribution is -2.66. The second-order valence-corrected chi connectivity index (χ2v) is 7.58. The van der Waals surface area contributed by atoms with Gasteiger partial charge in [0.25, 0.3) is 0 Å². The Morgan fingerprint density at radius 2 is 1.89 bits per heavy atom. The maximum atomic E-state index is 12.8. The van der Waals surface area contributed by atoms with Crippen LogP contribution in [0.25, 0.3) is 0 Å². The number of ether oxygens (including phenoxy) is 2. The Labute approximate surface area is 113 Å². The van der Waals surface area contributed by atoms with Crippen molar-refractivity contribution < 1.29 is 19.4 Å². The SMILES string of the molecule is C[C@@H]1CC[C@H](O)[C@]23O[C@H]4[C@H](OC(C)(C)[C@@H]4[C@]12C)C3=O. The van der Waals surface area contributed by atoms with Gasteiger partial charge in [0.2, 0.25) is 0 Å². The molecule has 4 aliphatic rings. The van der Waals surface area contributed by atoms with Crippen molar-refractivity contribution in [1.82, 2.24) is 0 Å². The van der Waals surface area contributed by atoms with Gasteiger partial charge in [0.15, 0.2) is 11.4 Å². The summed E-state index contributed by atoms with van der Waals surface area (Å²) in [6.45, 7) is 8.44. The number of fused-ring (bicyclic) bond motifs is 1. The molecule has 4 rings (SSSR count). The van der Waals surface area contributed by atoms with Crippen molar-refractivity contribution in [3.05, 3.63) is 0 Å². The molecule has 0 aromatic rings. The van der Waals surface area contributed by atoms with Crippen LogP contribution in [0, 0.1) is 17.3 Å². The number of hydrogen-bond donors (Lipinski definition) is 1. The first-order valence-electron chi connectivity index (χ1n) is 7.35. The van der Waals surface area contributed by atoms with Crippen LogP contribution >= 0.6 is 0 Å². The Morgan fingerprint density at radius 1 is 1.21 bits per heavy atom. The molecule has 1 aliphatic carbocycles. The molecule has 7 atom stereocenters. The van der Waals surface area contributed by atoms with Crippen LogP contribution in [-0.2, 0) is 14.3 Å². The van der Waals surface area contributed by atoms with E-state index in [4.69, 9.17) is 9.47 Å². The summed E-state index contributed by atoms with van der Waals surface area (Å²) < 4.78 is 12.2. The minimum atomic E-state index is -1.02. The van der Waals surface area contributed by atoms with Crippen molar-refractivity contribution in [3.63, 3.8) is 0 Å². The first kappa shape index (κ1) is 12.3. The molecule has 106 valence electrons. The van der Waals surface area contributed by atoms with Crippen molar-refractivity contribution >= 4 is 5.78 Å². The van der Waals surface area contributed by atoms with Crippen molar-refractivity contribution in [2.75, 3.05) is 0 Å². The molecule has 0 unspecified atom stereocenters. The largest absolute Gasteiger partial charge is 0.390 e. The molecule has 4 fully saturated rings. The first-order valence-corrected chi connectivity index (χ1v) is 7.35. The molecule has 3 aliphatic heterocycles. The molecule has 1 spiro atoms. The molecule has 2 bridgehead atoms. The summed E-state index contributed by atoms with van der Waals surface area (Å²) in [5, 5.41) is 10.5.